The molecule has 1 aliphatic rings. The lowest BCUT2D eigenvalue weighted by atomic mass is 9.79. The lowest BCUT2D eigenvalue weighted by molar-refractivity contribution is -0.0464. The van der Waals surface area contributed by atoms with Crippen LogP contribution >= 0.6 is 0 Å². The van der Waals surface area contributed by atoms with Crippen LogP contribution in [0.4, 0.5) is 0 Å². The Balaban J connectivity index is 2.69. The van der Waals surface area contributed by atoms with Gasteiger partial charge in [0.25, 0.3) is 0 Å². The van der Waals surface area contributed by atoms with E-state index < -0.39 is 0 Å². The molecular weight excluding hydrogens is 162 g/mol. The summed E-state index contributed by atoms with van der Waals surface area (Å²) in [6.07, 6.45) is 3.01. The summed E-state index contributed by atoms with van der Waals surface area (Å²) in [5.74, 6) is 0.546. The summed E-state index contributed by atoms with van der Waals surface area (Å²) < 4.78 is 5.52. The number of rotatable bonds is 2. The molecule has 1 rings (SSSR count). The van der Waals surface area contributed by atoms with E-state index in [1.165, 1.54) is 0 Å². The summed E-state index contributed by atoms with van der Waals surface area (Å²) >= 11 is 0. The quantitative estimate of drug-likeness (QED) is 0.609. The van der Waals surface area contributed by atoms with Crippen molar-refractivity contribution in [3.05, 3.63) is 12.8 Å². The van der Waals surface area contributed by atoms with Crippen LogP contribution in [0, 0.1) is 5.92 Å². The molecular formula is C11H21NO. The van der Waals surface area contributed by atoms with Gasteiger partial charge in [-0.2, -0.15) is 0 Å². The number of likely N-dealkylation sites (tertiary alicyclic amines) is 1. The first kappa shape index (κ1) is 10.6. The number of ether oxygens (including phenoxy) is 1. The fraction of sp³-hybridized carbons (Fsp3) is 0.818. The van der Waals surface area contributed by atoms with Gasteiger partial charge in [-0.1, -0.05) is 13.5 Å². The van der Waals surface area contributed by atoms with E-state index in [2.05, 4.69) is 39.3 Å². The van der Waals surface area contributed by atoms with Gasteiger partial charge in [-0.05, 0) is 27.3 Å². The van der Waals surface area contributed by atoms with Crippen LogP contribution in [-0.2, 0) is 4.74 Å². The first-order valence-electron chi connectivity index (χ1n) is 4.97. The molecule has 1 saturated heterocycles. The maximum atomic E-state index is 5.52. The van der Waals surface area contributed by atoms with Crippen molar-refractivity contribution in [2.45, 2.75) is 38.8 Å². The highest BCUT2D eigenvalue weighted by molar-refractivity contribution is 4.94. The monoisotopic (exact) mass is 183 g/mol. The van der Waals surface area contributed by atoms with Crippen LogP contribution in [-0.4, -0.2) is 30.1 Å². The number of nitrogens with zero attached hydrogens (tertiary/aromatic N) is 1. The second kappa shape index (κ2) is 3.70. The highest BCUT2D eigenvalue weighted by atomic mass is 16.5. The molecule has 13 heavy (non-hydrogen) atoms. The van der Waals surface area contributed by atoms with Crippen molar-refractivity contribution in [2.75, 3.05) is 13.6 Å². The Morgan fingerprint density at radius 2 is 2.15 bits per heavy atom. The van der Waals surface area contributed by atoms with Gasteiger partial charge in [-0.25, -0.2) is 0 Å². The molecule has 1 aliphatic heterocycles. The minimum atomic E-state index is 0.228. The molecule has 2 heteroatoms. The van der Waals surface area contributed by atoms with Crippen molar-refractivity contribution >= 4 is 0 Å². The predicted molar refractivity (Wildman–Crippen MR) is 55.6 cm³/mol. The molecule has 2 nitrogen and oxygen atoms in total. The summed E-state index contributed by atoms with van der Waals surface area (Å²) in [4.78, 5) is 2.40. The molecule has 0 aliphatic carbocycles. The smallest absolute Gasteiger partial charge is 0.103 e. The number of hydrogen-bond acceptors (Lipinski definition) is 2. The predicted octanol–water partition coefficient (Wildman–Crippen LogP) is 2.27. The highest BCUT2D eigenvalue weighted by Gasteiger charge is 2.40. The molecule has 0 amide bonds. The van der Waals surface area contributed by atoms with E-state index in [1.54, 1.807) is 6.26 Å². The lowest BCUT2D eigenvalue weighted by Gasteiger charge is -2.48. The fourth-order valence-electron chi connectivity index (χ4n) is 1.97. The topological polar surface area (TPSA) is 12.5 Å². The van der Waals surface area contributed by atoms with E-state index in [9.17, 15) is 0 Å². The van der Waals surface area contributed by atoms with E-state index in [4.69, 9.17) is 4.74 Å². The summed E-state index contributed by atoms with van der Waals surface area (Å²) in [5, 5.41) is 0. The van der Waals surface area contributed by atoms with Crippen molar-refractivity contribution in [2.24, 2.45) is 5.92 Å². The Labute approximate surface area is 81.6 Å². The van der Waals surface area contributed by atoms with Crippen molar-refractivity contribution < 1.29 is 4.74 Å². The molecule has 76 valence electrons. The Morgan fingerprint density at radius 3 is 2.69 bits per heavy atom. The van der Waals surface area contributed by atoms with Crippen LogP contribution in [0.3, 0.4) is 0 Å². The third kappa shape index (κ3) is 1.88. The minimum absolute atomic E-state index is 0.228. The van der Waals surface area contributed by atoms with Gasteiger partial charge in [-0.15, -0.1) is 0 Å². The average molecular weight is 183 g/mol. The summed E-state index contributed by atoms with van der Waals surface area (Å²) in [5.41, 5.74) is 0.228. The van der Waals surface area contributed by atoms with E-state index in [1.807, 2.05) is 0 Å². The van der Waals surface area contributed by atoms with Crippen molar-refractivity contribution in [3.63, 3.8) is 0 Å². The summed E-state index contributed by atoms with van der Waals surface area (Å²) in [6.45, 7) is 11.5. The second-order valence-electron chi connectivity index (χ2n) is 4.49. The minimum Gasteiger partial charge on any atom is -0.498 e. The third-order valence-corrected chi connectivity index (χ3v) is 3.68. The van der Waals surface area contributed by atoms with Gasteiger partial charge in [-0.3, -0.25) is 0 Å². The van der Waals surface area contributed by atoms with Gasteiger partial charge < -0.3 is 9.64 Å². The van der Waals surface area contributed by atoms with Gasteiger partial charge in [0.2, 0.25) is 0 Å². The molecule has 0 N–H and O–H groups in total. The molecule has 0 spiro atoms. The Morgan fingerprint density at radius 1 is 1.54 bits per heavy atom. The van der Waals surface area contributed by atoms with E-state index in [0.29, 0.717) is 12.0 Å². The van der Waals surface area contributed by atoms with Gasteiger partial charge in [0.1, 0.15) is 6.10 Å². The lowest BCUT2D eigenvalue weighted by Crippen LogP contribution is -2.55. The molecule has 1 fully saturated rings. The molecule has 0 aromatic heterocycles. The first-order chi connectivity index (χ1) is 6.00. The van der Waals surface area contributed by atoms with Crippen LogP contribution in [0.2, 0.25) is 0 Å². The maximum absolute atomic E-state index is 5.52. The fourth-order valence-corrected chi connectivity index (χ4v) is 1.97. The molecule has 1 heterocycles. The van der Waals surface area contributed by atoms with Gasteiger partial charge in [0.15, 0.2) is 0 Å². The molecule has 0 aromatic carbocycles. The zero-order valence-electron chi connectivity index (χ0n) is 9.21. The van der Waals surface area contributed by atoms with Crippen LogP contribution in [0.25, 0.3) is 0 Å². The number of hydrogen-bond donors (Lipinski definition) is 0. The van der Waals surface area contributed by atoms with Gasteiger partial charge in [0, 0.05) is 18.0 Å². The van der Waals surface area contributed by atoms with Crippen molar-refractivity contribution in [3.8, 4) is 0 Å². The van der Waals surface area contributed by atoms with Crippen LogP contribution in [0.1, 0.15) is 27.2 Å². The third-order valence-electron chi connectivity index (χ3n) is 3.68. The average Bonchev–Trinajstić information content (AvgIpc) is 2.08. The Hall–Kier alpha value is -0.500. The summed E-state index contributed by atoms with van der Waals surface area (Å²) in [6, 6.07) is 0. The standard InChI is InChI=1S/C11H21NO/c1-6-13-10-7-8-12(5)11(3,4)9(10)2/h6,9-10H,1,7-8H2,2-5H3. The maximum Gasteiger partial charge on any atom is 0.103 e. The largest absolute Gasteiger partial charge is 0.498 e. The molecule has 0 saturated carbocycles. The van der Waals surface area contributed by atoms with Crippen LogP contribution in [0.15, 0.2) is 12.8 Å². The van der Waals surface area contributed by atoms with E-state index in [0.717, 1.165) is 13.0 Å². The molecule has 2 atom stereocenters. The van der Waals surface area contributed by atoms with Gasteiger partial charge in [0.05, 0.1) is 6.26 Å². The first-order valence-corrected chi connectivity index (χ1v) is 4.97. The van der Waals surface area contributed by atoms with Crippen molar-refractivity contribution in [1.82, 2.24) is 4.90 Å². The zero-order valence-corrected chi connectivity index (χ0v) is 9.21. The molecule has 2 unspecified atom stereocenters. The Kier molecular flexibility index (Phi) is 3.01. The van der Waals surface area contributed by atoms with Crippen LogP contribution in [0.5, 0.6) is 0 Å². The number of piperidine rings is 1. The van der Waals surface area contributed by atoms with Gasteiger partial charge >= 0.3 is 0 Å². The van der Waals surface area contributed by atoms with E-state index >= 15 is 0 Å². The van der Waals surface area contributed by atoms with E-state index in [-0.39, 0.29) is 5.54 Å². The normalized spacial score (nSPS) is 34.2. The molecule has 0 aromatic rings. The zero-order chi connectivity index (χ0) is 10.1. The Bertz CT molecular complexity index is 189. The highest BCUT2D eigenvalue weighted by Crippen LogP contribution is 2.33. The van der Waals surface area contributed by atoms with Crippen molar-refractivity contribution in [1.29, 1.82) is 0 Å². The van der Waals surface area contributed by atoms with Crippen LogP contribution < -0.4 is 0 Å². The molecule has 0 radical (unpaired) electrons. The SMILES string of the molecule is C=COC1CCN(C)C(C)(C)C1C. The summed E-state index contributed by atoms with van der Waals surface area (Å²) in [7, 11) is 2.18. The second-order valence-corrected chi connectivity index (χ2v) is 4.49. The molecule has 0 bridgehead atoms.